The fourth-order valence-corrected chi connectivity index (χ4v) is 4.64. The van der Waals surface area contributed by atoms with Gasteiger partial charge >= 0.3 is 0 Å². The van der Waals surface area contributed by atoms with E-state index in [-0.39, 0.29) is 29.0 Å². The highest BCUT2D eigenvalue weighted by Crippen LogP contribution is 2.34. The van der Waals surface area contributed by atoms with Gasteiger partial charge in [0.2, 0.25) is 5.91 Å². The molecule has 1 N–H and O–H groups in total. The third kappa shape index (κ3) is 4.71. The highest BCUT2D eigenvalue weighted by Gasteiger charge is 2.37. The number of amides is 1. The van der Waals surface area contributed by atoms with Gasteiger partial charge in [-0.3, -0.25) is 9.69 Å². The van der Waals surface area contributed by atoms with E-state index in [2.05, 4.69) is 10.2 Å². The van der Waals surface area contributed by atoms with Gasteiger partial charge in [0.1, 0.15) is 11.6 Å². The number of carbonyl (C=O) groups excluding carboxylic acids is 1. The Morgan fingerprint density at radius 3 is 2.33 bits per heavy atom. The minimum Gasteiger partial charge on any atom is -0.381 e. The molecule has 2 aromatic carbocycles. The first kappa shape index (κ1) is 20.9. The fraction of sp³-hybridized carbons (Fsp3) is 0.458. The molecule has 0 saturated carbocycles. The Labute approximate surface area is 176 Å². The first-order valence-corrected chi connectivity index (χ1v) is 10.7. The van der Waals surface area contributed by atoms with Gasteiger partial charge in [0, 0.05) is 31.7 Å². The molecule has 1 amide bonds. The largest absolute Gasteiger partial charge is 0.381 e. The summed E-state index contributed by atoms with van der Waals surface area (Å²) < 4.78 is 32.1. The Kier molecular flexibility index (Phi) is 6.44. The van der Waals surface area contributed by atoms with Crippen LogP contribution in [0.15, 0.2) is 48.5 Å². The molecule has 2 saturated heterocycles. The van der Waals surface area contributed by atoms with Crippen LogP contribution in [0.4, 0.5) is 8.78 Å². The number of nitrogens with one attached hydrogen (secondary N) is 1. The van der Waals surface area contributed by atoms with Crippen LogP contribution in [-0.4, -0.2) is 43.2 Å². The molecule has 2 aliphatic heterocycles. The monoisotopic (exact) mass is 414 g/mol. The average molecular weight is 414 g/mol. The molecule has 160 valence electrons. The average Bonchev–Trinajstić information content (AvgIpc) is 3.23. The Hall–Kier alpha value is -2.31. The summed E-state index contributed by atoms with van der Waals surface area (Å²) in [6.45, 7) is 3.27. The van der Waals surface area contributed by atoms with Gasteiger partial charge in [-0.1, -0.05) is 24.3 Å². The van der Waals surface area contributed by atoms with E-state index in [1.807, 2.05) is 12.1 Å². The van der Waals surface area contributed by atoms with E-state index in [0.717, 1.165) is 43.4 Å². The van der Waals surface area contributed by atoms with E-state index in [0.29, 0.717) is 26.3 Å². The third-order valence-corrected chi connectivity index (χ3v) is 6.47. The number of carbonyl (C=O) groups is 1. The molecule has 0 unspecified atom stereocenters. The van der Waals surface area contributed by atoms with Gasteiger partial charge in [-0.2, -0.15) is 0 Å². The first-order valence-electron chi connectivity index (χ1n) is 10.7. The Balaban J connectivity index is 1.42. The second-order valence-corrected chi connectivity index (χ2v) is 8.37. The van der Waals surface area contributed by atoms with E-state index in [1.165, 1.54) is 24.3 Å². The zero-order chi connectivity index (χ0) is 21.0. The van der Waals surface area contributed by atoms with Gasteiger partial charge in [0.15, 0.2) is 0 Å². The van der Waals surface area contributed by atoms with Gasteiger partial charge in [0.25, 0.3) is 0 Å². The van der Waals surface area contributed by atoms with E-state index in [1.54, 1.807) is 12.1 Å². The van der Waals surface area contributed by atoms with Crippen molar-refractivity contribution in [1.82, 2.24) is 10.2 Å². The van der Waals surface area contributed by atoms with Crippen molar-refractivity contribution in [2.24, 2.45) is 0 Å². The van der Waals surface area contributed by atoms with Crippen molar-refractivity contribution in [3.8, 4) is 0 Å². The van der Waals surface area contributed by atoms with Crippen LogP contribution < -0.4 is 5.32 Å². The van der Waals surface area contributed by atoms with Crippen LogP contribution in [0.2, 0.25) is 0 Å². The number of hydrogen-bond acceptors (Lipinski definition) is 3. The van der Waals surface area contributed by atoms with Crippen molar-refractivity contribution in [2.75, 3.05) is 26.3 Å². The molecule has 6 heteroatoms. The van der Waals surface area contributed by atoms with Crippen molar-refractivity contribution < 1.29 is 18.3 Å². The summed E-state index contributed by atoms with van der Waals surface area (Å²) in [5.74, 6) is -0.480. The Morgan fingerprint density at radius 1 is 1.03 bits per heavy atom. The molecule has 0 aliphatic carbocycles. The molecular weight excluding hydrogens is 386 g/mol. The Bertz CT molecular complexity index is 849. The molecule has 2 aromatic rings. The molecule has 2 fully saturated rings. The predicted octanol–water partition coefficient (Wildman–Crippen LogP) is 3.79. The molecule has 0 radical (unpaired) electrons. The lowest BCUT2D eigenvalue weighted by molar-refractivity contribution is -0.126. The summed E-state index contributed by atoms with van der Waals surface area (Å²) in [6, 6.07) is 12.9. The maximum absolute atomic E-state index is 13.4. The van der Waals surface area contributed by atoms with Crippen LogP contribution in [0.3, 0.4) is 0 Å². The summed E-state index contributed by atoms with van der Waals surface area (Å²) in [5, 5.41) is 3.18. The topological polar surface area (TPSA) is 41.6 Å². The number of halogens is 2. The third-order valence-electron chi connectivity index (χ3n) is 6.47. The van der Waals surface area contributed by atoms with E-state index >= 15 is 0 Å². The lowest BCUT2D eigenvalue weighted by atomic mass is 9.74. The predicted molar refractivity (Wildman–Crippen MR) is 111 cm³/mol. The van der Waals surface area contributed by atoms with Crippen LogP contribution in [0.25, 0.3) is 0 Å². The number of benzene rings is 2. The molecule has 2 heterocycles. The summed E-state index contributed by atoms with van der Waals surface area (Å²) >= 11 is 0. The van der Waals surface area contributed by atoms with Crippen molar-refractivity contribution >= 4 is 5.91 Å². The molecule has 4 nitrogen and oxygen atoms in total. The normalized spacial score (nSPS) is 21.5. The maximum Gasteiger partial charge on any atom is 0.237 e. The number of ether oxygens (including phenoxy) is 1. The SMILES string of the molecule is O=C(NCC1(c2ccc(F)cc2)CCOCC1)[C@H]1CCCN1Cc1ccc(F)cc1. The van der Waals surface area contributed by atoms with E-state index < -0.39 is 0 Å². The minimum absolute atomic E-state index is 0.0302. The Morgan fingerprint density at radius 2 is 1.67 bits per heavy atom. The summed E-state index contributed by atoms with van der Waals surface area (Å²) in [6.07, 6.45) is 3.38. The molecule has 0 aromatic heterocycles. The van der Waals surface area contributed by atoms with Crippen LogP contribution in [-0.2, 0) is 21.5 Å². The maximum atomic E-state index is 13.4. The zero-order valence-corrected chi connectivity index (χ0v) is 17.1. The van der Waals surface area contributed by atoms with Gasteiger partial charge in [-0.05, 0) is 67.6 Å². The highest BCUT2D eigenvalue weighted by molar-refractivity contribution is 5.82. The van der Waals surface area contributed by atoms with Crippen LogP contribution in [0.1, 0.15) is 36.8 Å². The van der Waals surface area contributed by atoms with Gasteiger partial charge in [-0.25, -0.2) is 8.78 Å². The number of hydrogen-bond donors (Lipinski definition) is 1. The molecular formula is C24H28F2N2O2. The minimum atomic E-state index is -0.257. The number of likely N-dealkylation sites (tertiary alicyclic amines) is 1. The van der Waals surface area contributed by atoms with Gasteiger partial charge < -0.3 is 10.1 Å². The van der Waals surface area contributed by atoms with Crippen LogP contribution in [0, 0.1) is 11.6 Å². The van der Waals surface area contributed by atoms with Gasteiger partial charge in [-0.15, -0.1) is 0 Å². The van der Waals surface area contributed by atoms with Crippen LogP contribution in [0.5, 0.6) is 0 Å². The quantitative estimate of drug-likeness (QED) is 0.782. The van der Waals surface area contributed by atoms with Crippen LogP contribution >= 0.6 is 0 Å². The zero-order valence-electron chi connectivity index (χ0n) is 17.1. The number of rotatable bonds is 6. The molecule has 30 heavy (non-hydrogen) atoms. The lowest BCUT2D eigenvalue weighted by Gasteiger charge is -2.38. The van der Waals surface area contributed by atoms with E-state index in [9.17, 15) is 13.6 Å². The van der Waals surface area contributed by atoms with Crippen molar-refractivity contribution in [3.05, 3.63) is 71.3 Å². The summed E-state index contributed by atoms with van der Waals surface area (Å²) in [5.41, 5.74) is 1.81. The second kappa shape index (κ2) is 9.23. The number of nitrogens with zero attached hydrogens (tertiary/aromatic N) is 1. The van der Waals surface area contributed by atoms with Crippen molar-refractivity contribution in [1.29, 1.82) is 0 Å². The first-order chi connectivity index (χ1) is 14.6. The molecule has 1 atom stereocenters. The van der Waals surface area contributed by atoms with Crippen molar-refractivity contribution in [3.63, 3.8) is 0 Å². The molecule has 4 rings (SSSR count). The van der Waals surface area contributed by atoms with Gasteiger partial charge in [0.05, 0.1) is 6.04 Å². The summed E-state index contributed by atoms with van der Waals surface area (Å²) in [4.78, 5) is 15.2. The highest BCUT2D eigenvalue weighted by atomic mass is 19.1. The molecule has 0 spiro atoms. The molecule has 2 aliphatic rings. The summed E-state index contributed by atoms with van der Waals surface area (Å²) in [7, 11) is 0. The molecule has 0 bridgehead atoms. The van der Waals surface area contributed by atoms with E-state index in [4.69, 9.17) is 4.74 Å². The standard InChI is InChI=1S/C24H28F2N2O2/c25-20-7-3-18(4-8-20)16-28-13-1-2-22(28)23(29)27-17-24(11-14-30-15-12-24)19-5-9-21(26)10-6-19/h3-10,22H,1-2,11-17H2,(H,27,29)/t22-/m1/s1. The second-order valence-electron chi connectivity index (χ2n) is 8.37. The smallest absolute Gasteiger partial charge is 0.237 e. The van der Waals surface area contributed by atoms with Crippen molar-refractivity contribution in [2.45, 2.75) is 43.7 Å². The fourth-order valence-electron chi connectivity index (χ4n) is 4.64. The lowest BCUT2D eigenvalue weighted by Crippen LogP contribution is -2.49.